The van der Waals surface area contributed by atoms with E-state index < -0.39 is 0 Å². The molecule has 0 aliphatic rings. The van der Waals surface area contributed by atoms with E-state index in [1.54, 1.807) is 7.11 Å². The zero-order valence-electron chi connectivity index (χ0n) is 15.5. The van der Waals surface area contributed by atoms with Crippen molar-refractivity contribution in [1.82, 2.24) is 5.32 Å². The van der Waals surface area contributed by atoms with Crippen LogP contribution in [0.2, 0.25) is 0 Å². The second-order valence-electron chi connectivity index (χ2n) is 6.26. The van der Waals surface area contributed by atoms with E-state index in [0.29, 0.717) is 11.7 Å². The van der Waals surface area contributed by atoms with Crippen molar-refractivity contribution in [2.24, 2.45) is 0 Å². The summed E-state index contributed by atoms with van der Waals surface area (Å²) < 4.78 is 11.1. The van der Waals surface area contributed by atoms with Crippen LogP contribution < -0.4 is 20.1 Å². The van der Waals surface area contributed by atoms with Crippen molar-refractivity contribution in [2.45, 2.75) is 40.3 Å². The minimum absolute atomic E-state index is 0.104. The normalized spacial score (nSPS) is 10.5. The first-order chi connectivity index (χ1) is 11.9. The average molecular weight is 359 g/mol. The molecular formula is C20H26N2O2S. The van der Waals surface area contributed by atoms with Gasteiger partial charge in [-0.05, 0) is 80.9 Å². The summed E-state index contributed by atoms with van der Waals surface area (Å²) in [5.41, 5.74) is 4.55. The standard InChI is InChI=1S/C20H26N2O2S/c1-13(2)24-18-9-7-16(11-19(18)23-5)12-21-20(25)22-17-8-6-14(3)15(4)10-17/h6-11,13H,12H2,1-5H3,(H2,21,22,25). The number of anilines is 1. The van der Waals surface area contributed by atoms with Crippen LogP contribution in [-0.2, 0) is 6.54 Å². The summed E-state index contributed by atoms with van der Waals surface area (Å²) in [5.74, 6) is 1.47. The summed E-state index contributed by atoms with van der Waals surface area (Å²) in [6, 6.07) is 12.1. The highest BCUT2D eigenvalue weighted by molar-refractivity contribution is 7.80. The first-order valence-electron chi connectivity index (χ1n) is 8.34. The highest BCUT2D eigenvalue weighted by Crippen LogP contribution is 2.28. The first-order valence-corrected chi connectivity index (χ1v) is 8.75. The molecule has 2 N–H and O–H groups in total. The zero-order valence-corrected chi connectivity index (χ0v) is 16.3. The van der Waals surface area contributed by atoms with Gasteiger partial charge in [-0.3, -0.25) is 0 Å². The molecule has 0 saturated heterocycles. The van der Waals surface area contributed by atoms with Crippen LogP contribution in [0.1, 0.15) is 30.5 Å². The predicted octanol–water partition coefficient (Wildman–Crippen LogP) is 4.59. The largest absolute Gasteiger partial charge is 0.493 e. The molecule has 25 heavy (non-hydrogen) atoms. The third-order valence-electron chi connectivity index (χ3n) is 3.81. The van der Waals surface area contributed by atoms with Crippen LogP contribution in [0.15, 0.2) is 36.4 Å². The zero-order chi connectivity index (χ0) is 18.4. The molecule has 0 aromatic heterocycles. The SMILES string of the molecule is COc1cc(CNC(=S)Nc2ccc(C)c(C)c2)ccc1OC(C)C. The summed E-state index contributed by atoms with van der Waals surface area (Å²) >= 11 is 5.38. The van der Waals surface area contributed by atoms with E-state index in [0.717, 1.165) is 22.7 Å². The van der Waals surface area contributed by atoms with Crippen molar-refractivity contribution in [3.8, 4) is 11.5 Å². The van der Waals surface area contributed by atoms with E-state index in [4.69, 9.17) is 21.7 Å². The van der Waals surface area contributed by atoms with Crippen LogP contribution in [-0.4, -0.2) is 18.3 Å². The van der Waals surface area contributed by atoms with Crippen molar-refractivity contribution in [3.63, 3.8) is 0 Å². The molecule has 0 aliphatic carbocycles. The summed E-state index contributed by atoms with van der Waals surface area (Å²) in [6.07, 6.45) is 0.104. The van der Waals surface area contributed by atoms with Gasteiger partial charge in [0, 0.05) is 12.2 Å². The molecule has 0 spiro atoms. The highest BCUT2D eigenvalue weighted by atomic mass is 32.1. The van der Waals surface area contributed by atoms with Gasteiger partial charge in [0.05, 0.1) is 13.2 Å². The third-order valence-corrected chi connectivity index (χ3v) is 4.05. The maximum atomic E-state index is 5.73. The number of nitrogens with one attached hydrogen (secondary N) is 2. The fourth-order valence-electron chi connectivity index (χ4n) is 2.35. The molecule has 0 atom stereocenters. The molecule has 134 valence electrons. The van der Waals surface area contributed by atoms with E-state index in [-0.39, 0.29) is 6.10 Å². The number of aryl methyl sites for hydroxylation is 2. The molecular weight excluding hydrogens is 332 g/mol. The van der Waals surface area contributed by atoms with Crippen molar-refractivity contribution in [2.75, 3.05) is 12.4 Å². The maximum absolute atomic E-state index is 5.73. The number of thiocarbonyl (C=S) groups is 1. The molecule has 0 radical (unpaired) electrons. The number of rotatable bonds is 6. The van der Waals surface area contributed by atoms with Gasteiger partial charge in [-0.15, -0.1) is 0 Å². The van der Waals surface area contributed by atoms with Crippen molar-refractivity contribution < 1.29 is 9.47 Å². The van der Waals surface area contributed by atoms with Crippen LogP contribution in [0.4, 0.5) is 5.69 Å². The Balaban J connectivity index is 1.95. The molecule has 2 rings (SSSR count). The Labute approximate surface area is 155 Å². The first kappa shape index (κ1) is 19.1. The molecule has 0 unspecified atom stereocenters. The lowest BCUT2D eigenvalue weighted by molar-refractivity contribution is 0.230. The second kappa shape index (κ2) is 8.72. The molecule has 0 amide bonds. The number of methoxy groups -OCH3 is 1. The molecule has 2 aromatic rings. The fraction of sp³-hybridized carbons (Fsp3) is 0.350. The van der Waals surface area contributed by atoms with E-state index in [1.807, 2.05) is 38.1 Å². The van der Waals surface area contributed by atoms with Gasteiger partial charge in [0.15, 0.2) is 16.6 Å². The van der Waals surface area contributed by atoms with Crippen LogP contribution in [0.25, 0.3) is 0 Å². The Morgan fingerprint density at radius 2 is 1.80 bits per heavy atom. The number of ether oxygens (including phenoxy) is 2. The molecule has 5 heteroatoms. The highest BCUT2D eigenvalue weighted by Gasteiger charge is 2.08. The van der Waals surface area contributed by atoms with Gasteiger partial charge in [0.25, 0.3) is 0 Å². The van der Waals surface area contributed by atoms with E-state index >= 15 is 0 Å². The molecule has 0 aliphatic heterocycles. The Morgan fingerprint density at radius 3 is 2.44 bits per heavy atom. The quantitative estimate of drug-likeness (QED) is 0.740. The van der Waals surface area contributed by atoms with Crippen LogP contribution in [0, 0.1) is 13.8 Å². The summed E-state index contributed by atoms with van der Waals surface area (Å²) in [6.45, 7) is 8.77. The second-order valence-corrected chi connectivity index (χ2v) is 6.67. The Morgan fingerprint density at radius 1 is 1.04 bits per heavy atom. The van der Waals surface area contributed by atoms with Crippen LogP contribution >= 0.6 is 12.2 Å². The monoisotopic (exact) mass is 358 g/mol. The molecule has 0 saturated carbocycles. The third kappa shape index (κ3) is 5.64. The Bertz CT molecular complexity index is 744. The van der Waals surface area contributed by atoms with Crippen LogP contribution in [0.5, 0.6) is 11.5 Å². The van der Waals surface area contributed by atoms with Crippen molar-refractivity contribution in [3.05, 3.63) is 53.1 Å². The Kier molecular flexibility index (Phi) is 6.65. The number of hydrogen-bond acceptors (Lipinski definition) is 3. The van der Waals surface area contributed by atoms with E-state index in [2.05, 4.69) is 36.6 Å². The van der Waals surface area contributed by atoms with Gasteiger partial charge in [-0.2, -0.15) is 0 Å². The minimum Gasteiger partial charge on any atom is -0.493 e. The van der Waals surface area contributed by atoms with Gasteiger partial charge < -0.3 is 20.1 Å². The lowest BCUT2D eigenvalue weighted by atomic mass is 10.1. The lowest BCUT2D eigenvalue weighted by Crippen LogP contribution is -2.27. The number of hydrogen-bond donors (Lipinski definition) is 2. The summed E-state index contributed by atoms with van der Waals surface area (Å²) in [5, 5.41) is 7.02. The van der Waals surface area contributed by atoms with Gasteiger partial charge in [0.1, 0.15) is 0 Å². The van der Waals surface area contributed by atoms with Crippen molar-refractivity contribution in [1.29, 1.82) is 0 Å². The summed E-state index contributed by atoms with van der Waals surface area (Å²) in [4.78, 5) is 0. The van der Waals surface area contributed by atoms with Gasteiger partial charge in [-0.1, -0.05) is 12.1 Å². The predicted molar refractivity (Wildman–Crippen MR) is 108 cm³/mol. The smallest absolute Gasteiger partial charge is 0.171 e. The molecule has 2 aromatic carbocycles. The van der Waals surface area contributed by atoms with Crippen LogP contribution in [0.3, 0.4) is 0 Å². The lowest BCUT2D eigenvalue weighted by Gasteiger charge is -2.15. The molecule has 0 heterocycles. The Hall–Kier alpha value is -2.27. The molecule has 0 fully saturated rings. The van der Waals surface area contributed by atoms with Gasteiger partial charge >= 0.3 is 0 Å². The van der Waals surface area contributed by atoms with Gasteiger partial charge in [-0.25, -0.2) is 0 Å². The topological polar surface area (TPSA) is 42.5 Å². The van der Waals surface area contributed by atoms with E-state index in [1.165, 1.54) is 11.1 Å². The molecule has 0 bridgehead atoms. The summed E-state index contributed by atoms with van der Waals surface area (Å²) in [7, 11) is 1.64. The minimum atomic E-state index is 0.104. The molecule has 4 nitrogen and oxygen atoms in total. The number of benzene rings is 2. The average Bonchev–Trinajstić information content (AvgIpc) is 2.57. The van der Waals surface area contributed by atoms with E-state index in [9.17, 15) is 0 Å². The fourth-order valence-corrected chi connectivity index (χ4v) is 2.54. The van der Waals surface area contributed by atoms with Crippen molar-refractivity contribution >= 4 is 23.0 Å². The van der Waals surface area contributed by atoms with Gasteiger partial charge in [0.2, 0.25) is 0 Å². The maximum Gasteiger partial charge on any atom is 0.171 e.